The Morgan fingerprint density at radius 2 is 1.79 bits per heavy atom. The van der Waals surface area contributed by atoms with Crippen molar-refractivity contribution in [3.8, 4) is 6.07 Å². The molecule has 0 aliphatic heterocycles. The summed E-state index contributed by atoms with van der Waals surface area (Å²) in [5.41, 5.74) is 1.89. The number of anilines is 1. The highest BCUT2D eigenvalue weighted by molar-refractivity contribution is 7.98. The number of amides is 3. The fourth-order valence-corrected chi connectivity index (χ4v) is 4.46. The second kappa shape index (κ2) is 14.1. The number of hydrogen-bond donors (Lipinski definition) is 2. The topological polar surface area (TPSA) is 112 Å². The Bertz CT molecular complexity index is 1150. The lowest BCUT2D eigenvalue weighted by atomic mass is 10.0. The number of carbonyl (C=O) groups excluding carboxylic acids is 3. The normalized spacial score (nSPS) is 12.6. The van der Waals surface area contributed by atoms with E-state index in [1.165, 1.54) is 16.7 Å². The van der Waals surface area contributed by atoms with Gasteiger partial charge < -0.3 is 20.3 Å². The maximum Gasteiger partial charge on any atom is 0.408 e. The van der Waals surface area contributed by atoms with Crippen LogP contribution in [-0.2, 0) is 14.3 Å². The second-order valence-electron chi connectivity index (χ2n) is 9.84. The first-order chi connectivity index (χ1) is 17.9. The van der Waals surface area contributed by atoms with Crippen LogP contribution in [0.25, 0.3) is 0 Å². The molecule has 0 saturated carbocycles. The summed E-state index contributed by atoms with van der Waals surface area (Å²) in [7, 11) is 0. The minimum Gasteiger partial charge on any atom is -0.444 e. The van der Waals surface area contributed by atoms with Crippen molar-refractivity contribution < 1.29 is 19.1 Å². The number of benzene rings is 2. The van der Waals surface area contributed by atoms with E-state index in [-0.39, 0.29) is 13.0 Å². The molecule has 2 atom stereocenters. The molecule has 2 aromatic carbocycles. The average molecular weight is 559 g/mol. The van der Waals surface area contributed by atoms with Crippen LogP contribution < -0.4 is 10.6 Å². The number of nitrogens with one attached hydrogen (secondary N) is 2. The molecule has 0 heterocycles. The predicted molar refractivity (Wildman–Crippen MR) is 152 cm³/mol. The van der Waals surface area contributed by atoms with E-state index in [4.69, 9.17) is 16.3 Å². The van der Waals surface area contributed by atoms with Gasteiger partial charge in [0.25, 0.3) is 5.91 Å². The molecule has 2 rings (SSSR count). The molecule has 2 aromatic rings. The summed E-state index contributed by atoms with van der Waals surface area (Å²) in [6.07, 6.45) is 1.42. The second-order valence-corrected chi connectivity index (χ2v) is 11.2. The lowest BCUT2D eigenvalue weighted by molar-refractivity contribution is -0.140. The number of alkyl carbamates (subject to hydrolysis) is 1. The van der Waals surface area contributed by atoms with Crippen LogP contribution in [0.2, 0.25) is 5.02 Å². The van der Waals surface area contributed by atoms with Gasteiger partial charge >= 0.3 is 6.09 Å². The number of nitriles is 1. The molecule has 38 heavy (non-hydrogen) atoms. The number of halogens is 1. The lowest BCUT2D eigenvalue weighted by Gasteiger charge is -2.33. The molecule has 3 amide bonds. The average Bonchev–Trinajstić information content (AvgIpc) is 2.83. The van der Waals surface area contributed by atoms with Crippen LogP contribution in [0.5, 0.6) is 0 Å². The lowest BCUT2D eigenvalue weighted by Crippen LogP contribution is -2.52. The van der Waals surface area contributed by atoms with Gasteiger partial charge in [-0.2, -0.15) is 17.0 Å². The Morgan fingerprint density at radius 1 is 1.13 bits per heavy atom. The van der Waals surface area contributed by atoms with Gasteiger partial charge in [-0.05, 0) is 70.2 Å². The molecule has 204 valence electrons. The van der Waals surface area contributed by atoms with Crippen LogP contribution >= 0.6 is 23.4 Å². The number of nitrogens with zero attached hydrogens (tertiary/aromatic N) is 2. The van der Waals surface area contributed by atoms with E-state index in [2.05, 4.69) is 10.6 Å². The first-order valence-electron chi connectivity index (χ1n) is 12.2. The molecule has 0 spiro atoms. The summed E-state index contributed by atoms with van der Waals surface area (Å²) in [6, 6.07) is 12.2. The van der Waals surface area contributed by atoms with Gasteiger partial charge in [-0.3, -0.25) is 9.59 Å². The summed E-state index contributed by atoms with van der Waals surface area (Å²) in [5, 5.41) is 15.5. The van der Waals surface area contributed by atoms with Gasteiger partial charge in [0.1, 0.15) is 24.2 Å². The minimum absolute atomic E-state index is 0.285. The van der Waals surface area contributed by atoms with Crippen molar-refractivity contribution >= 4 is 47.0 Å². The Kier molecular flexibility index (Phi) is 11.5. The number of carbonyl (C=O) groups is 3. The molecule has 0 aliphatic carbocycles. The molecular formula is C28H35ClN4O4S. The van der Waals surface area contributed by atoms with Crippen LogP contribution in [0.3, 0.4) is 0 Å². The van der Waals surface area contributed by atoms with Gasteiger partial charge in [-0.25, -0.2) is 4.79 Å². The zero-order chi connectivity index (χ0) is 28.5. The molecule has 2 N–H and O–H groups in total. The summed E-state index contributed by atoms with van der Waals surface area (Å²) >= 11 is 7.86. The van der Waals surface area contributed by atoms with E-state index in [0.29, 0.717) is 22.0 Å². The number of aryl methyl sites for hydroxylation is 2. The molecule has 2 unspecified atom stereocenters. The van der Waals surface area contributed by atoms with Gasteiger partial charge in [0.2, 0.25) is 5.91 Å². The van der Waals surface area contributed by atoms with E-state index in [0.717, 1.165) is 11.1 Å². The third-order valence-corrected chi connectivity index (χ3v) is 6.51. The van der Waals surface area contributed by atoms with Gasteiger partial charge in [-0.1, -0.05) is 53.6 Å². The monoisotopic (exact) mass is 558 g/mol. The fourth-order valence-electron chi connectivity index (χ4n) is 3.72. The highest BCUT2D eigenvalue weighted by atomic mass is 35.5. The quantitative estimate of drug-likeness (QED) is 0.365. The number of thioether (sulfide) groups is 1. The summed E-state index contributed by atoms with van der Waals surface area (Å²) in [5.74, 6) is -0.537. The van der Waals surface area contributed by atoms with Crippen molar-refractivity contribution in [2.24, 2.45) is 0 Å². The van der Waals surface area contributed by atoms with Gasteiger partial charge in [-0.15, -0.1) is 0 Å². The fraction of sp³-hybridized carbons (Fsp3) is 0.429. The smallest absolute Gasteiger partial charge is 0.408 e. The molecule has 0 aromatic heterocycles. The van der Waals surface area contributed by atoms with Crippen LogP contribution in [0.4, 0.5) is 10.5 Å². The first-order valence-corrected chi connectivity index (χ1v) is 13.9. The number of rotatable bonds is 10. The number of para-hydroxylation sites is 1. The first kappa shape index (κ1) is 31.0. The summed E-state index contributed by atoms with van der Waals surface area (Å²) in [6.45, 7) is 8.51. The summed E-state index contributed by atoms with van der Waals surface area (Å²) < 4.78 is 5.36. The molecule has 8 nitrogen and oxygen atoms in total. The molecule has 0 saturated heterocycles. The Labute approximate surface area is 234 Å². The largest absolute Gasteiger partial charge is 0.444 e. The van der Waals surface area contributed by atoms with E-state index in [1.807, 2.05) is 44.4 Å². The van der Waals surface area contributed by atoms with Crippen molar-refractivity contribution in [1.29, 1.82) is 5.26 Å². The molecule has 10 heteroatoms. The van der Waals surface area contributed by atoms with E-state index >= 15 is 0 Å². The standard InChI is InChI=1S/C28H35ClN4O4S/c1-18-10-12-20(13-11-18)24(25(34)32-23-19(2)8-7-9-21(23)29)33(16-15-30)26(35)22(14-17-38-6)31-27(36)37-28(3,4)5/h7-13,22,24H,14,16-17H2,1-6H3,(H,31,36)(H,32,34). The Balaban J connectivity index is 2.52. The van der Waals surface area contributed by atoms with E-state index < -0.39 is 35.6 Å². The highest BCUT2D eigenvalue weighted by Gasteiger charge is 2.36. The van der Waals surface area contributed by atoms with Gasteiger partial charge in [0, 0.05) is 0 Å². The maximum absolute atomic E-state index is 13.9. The van der Waals surface area contributed by atoms with Crippen molar-refractivity contribution in [2.45, 2.75) is 58.7 Å². The van der Waals surface area contributed by atoms with Crippen molar-refractivity contribution in [2.75, 3.05) is 23.9 Å². The van der Waals surface area contributed by atoms with Crippen molar-refractivity contribution in [3.05, 3.63) is 64.2 Å². The molecule has 0 radical (unpaired) electrons. The third-order valence-electron chi connectivity index (χ3n) is 5.55. The molecule has 0 aliphatic rings. The van der Waals surface area contributed by atoms with Crippen LogP contribution in [0.1, 0.15) is 49.9 Å². The molecule has 0 fully saturated rings. The molecular weight excluding hydrogens is 524 g/mol. The van der Waals surface area contributed by atoms with Crippen LogP contribution in [0, 0.1) is 25.2 Å². The van der Waals surface area contributed by atoms with Crippen molar-refractivity contribution in [3.63, 3.8) is 0 Å². The zero-order valence-corrected chi connectivity index (χ0v) is 24.2. The van der Waals surface area contributed by atoms with Crippen LogP contribution in [-0.4, -0.2) is 53.0 Å². The number of ether oxygens (including phenoxy) is 1. The minimum atomic E-state index is -1.16. The highest BCUT2D eigenvalue weighted by Crippen LogP contribution is 2.29. The Morgan fingerprint density at radius 3 is 2.34 bits per heavy atom. The maximum atomic E-state index is 13.9. The van der Waals surface area contributed by atoms with E-state index in [9.17, 15) is 19.6 Å². The van der Waals surface area contributed by atoms with Crippen LogP contribution in [0.15, 0.2) is 42.5 Å². The Hall–Kier alpha value is -3.22. The van der Waals surface area contributed by atoms with Gasteiger partial charge in [0.05, 0.1) is 16.8 Å². The third kappa shape index (κ3) is 8.96. The molecule has 0 bridgehead atoms. The predicted octanol–water partition coefficient (Wildman–Crippen LogP) is 5.64. The zero-order valence-electron chi connectivity index (χ0n) is 22.6. The van der Waals surface area contributed by atoms with E-state index in [1.54, 1.807) is 45.0 Å². The van der Waals surface area contributed by atoms with Gasteiger partial charge in [0.15, 0.2) is 0 Å². The number of hydrogen-bond acceptors (Lipinski definition) is 6. The van der Waals surface area contributed by atoms with Crippen molar-refractivity contribution in [1.82, 2.24) is 10.2 Å². The SMILES string of the molecule is CSCCC(NC(=O)OC(C)(C)C)C(=O)N(CC#N)C(C(=O)Nc1c(C)cccc1Cl)c1ccc(C)cc1. The summed E-state index contributed by atoms with van der Waals surface area (Å²) in [4.78, 5) is 41.4.